The van der Waals surface area contributed by atoms with Crippen LogP contribution in [0.5, 0.6) is 11.5 Å². The zero-order chi connectivity index (χ0) is 25.0. The quantitative estimate of drug-likeness (QED) is 0.257. The Morgan fingerprint density at radius 1 is 1.11 bits per heavy atom. The molecule has 0 radical (unpaired) electrons. The molecular weight excluding hydrogens is 456 g/mol. The Balaban J connectivity index is 1.44. The van der Waals surface area contributed by atoms with Gasteiger partial charge in [-0.3, -0.25) is 4.79 Å². The number of rotatable bonds is 11. The number of nitrogens with zero attached hydrogens (tertiary/aromatic N) is 2. The summed E-state index contributed by atoms with van der Waals surface area (Å²) >= 11 is 0. The van der Waals surface area contributed by atoms with Gasteiger partial charge in [-0.1, -0.05) is 19.3 Å². The van der Waals surface area contributed by atoms with Gasteiger partial charge >= 0.3 is 12.0 Å². The summed E-state index contributed by atoms with van der Waals surface area (Å²) < 4.78 is 5.54. The molecule has 1 heterocycles. The summed E-state index contributed by atoms with van der Waals surface area (Å²) in [6, 6.07) is 3.98. The van der Waals surface area contributed by atoms with E-state index in [9.17, 15) is 24.6 Å². The van der Waals surface area contributed by atoms with Gasteiger partial charge in [-0.25, -0.2) is 19.6 Å². The number of carbonyl (C=O) groups excluding carboxylic acids is 2. The number of ether oxygens (including phenoxy) is 1. The van der Waals surface area contributed by atoms with Crippen LogP contribution in [0.4, 0.5) is 10.7 Å². The fraction of sp³-hybridized carbons (Fsp3) is 0.435. The molecule has 188 valence electrons. The van der Waals surface area contributed by atoms with E-state index in [1.54, 1.807) is 18.5 Å². The zero-order valence-corrected chi connectivity index (χ0v) is 19.2. The number of aromatic nitrogens is 2. The molecule has 1 fully saturated rings. The highest BCUT2D eigenvalue weighted by atomic mass is 16.5. The number of hydrogen-bond donors (Lipinski definition) is 6. The molecule has 0 bridgehead atoms. The van der Waals surface area contributed by atoms with E-state index in [0.717, 1.165) is 32.1 Å². The highest BCUT2D eigenvalue weighted by molar-refractivity contribution is 5.97. The number of phenols is 1. The second kappa shape index (κ2) is 13.0. The molecule has 2 aromatic rings. The van der Waals surface area contributed by atoms with Crippen LogP contribution in [0.2, 0.25) is 0 Å². The molecule has 0 aliphatic heterocycles. The van der Waals surface area contributed by atoms with Gasteiger partial charge in [0.25, 0.3) is 5.91 Å². The number of carboxylic acid groups (broad SMARTS) is 1. The van der Waals surface area contributed by atoms with Crippen LogP contribution < -0.4 is 26.0 Å². The number of aliphatic carboxylic acids is 1. The second-order valence-electron chi connectivity index (χ2n) is 8.08. The van der Waals surface area contributed by atoms with E-state index in [2.05, 4.69) is 31.2 Å². The van der Waals surface area contributed by atoms with Crippen molar-refractivity contribution in [1.29, 1.82) is 0 Å². The van der Waals surface area contributed by atoms with Crippen molar-refractivity contribution in [3.63, 3.8) is 0 Å². The van der Waals surface area contributed by atoms with Gasteiger partial charge in [0, 0.05) is 31.0 Å². The van der Waals surface area contributed by atoms with E-state index in [-0.39, 0.29) is 30.5 Å². The van der Waals surface area contributed by atoms with Crippen LogP contribution in [0.1, 0.15) is 42.5 Å². The average Bonchev–Trinajstić information content (AvgIpc) is 2.85. The first-order valence-corrected chi connectivity index (χ1v) is 11.5. The fourth-order valence-corrected chi connectivity index (χ4v) is 3.64. The van der Waals surface area contributed by atoms with E-state index in [4.69, 9.17) is 4.74 Å². The first-order valence-electron chi connectivity index (χ1n) is 11.5. The molecule has 1 saturated carbocycles. The van der Waals surface area contributed by atoms with Gasteiger partial charge in [-0.05, 0) is 31.0 Å². The Morgan fingerprint density at radius 2 is 1.86 bits per heavy atom. The molecule has 1 aromatic heterocycles. The summed E-state index contributed by atoms with van der Waals surface area (Å²) in [5.41, 5.74) is -0.0519. The Hall–Kier alpha value is -4.09. The van der Waals surface area contributed by atoms with Crippen molar-refractivity contribution < 1.29 is 29.3 Å². The number of nitrogens with one attached hydrogen (secondary N) is 4. The molecule has 0 spiro atoms. The third-order valence-corrected chi connectivity index (χ3v) is 5.44. The molecule has 1 aromatic carbocycles. The highest BCUT2D eigenvalue weighted by Crippen LogP contribution is 2.23. The summed E-state index contributed by atoms with van der Waals surface area (Å²) in [6.07, 6.45) is 8.12. The van der Waals surface area contributed by atoms with Crippen molar-refractivity contribution in [3.8, 4) is 11.5 Å². The summed E-state index contributed by atoms with van der Waals surface area (Å²) in [6.45, 7) is 0.334. The fourth-order valence-electron chi connectivity index (χ4n) is 3.64. The minimum Gasteiger partial charge on any atom is -0.507 e. The lowest BCUT2D eigenvalue weighted by Gasteiger charge is -2.24. The first kappa shape index (κ1) is 25.5. The number of hydrogen-bond acceptors (Lipinski definition) is 8. The molecule has 1 atom stereocenters. The lowest BCUT2D eigenvalue weighted by atomic mass is 9.96. The van der Waals surface area contributed by atoms with Crippen LogP contribution in [-0.4, -0.2) is 69.9 Å². The van der Waals surface area contributed by atoms with E-state index >= 15 is 0 Å². The van der Waals surface area contributed by atoms with Crippen molar-refractivity contribution in [2.75, 3.05) is 25.0 Å². The summed E-state index contributed by atoms with van der Waals surface area (Å²) in [5.74, 6) is -1.48. The standard InChI is InChI=1S/C23H30N6O6/c30-19-13-16(35-12-11-26-22-24-9-4-10-25-22)7-8-17(19)20(31)27-14-18(21(32)33)29-23(34)28-15-5-2-1-3-6-15/h4,7-10,13,15,18,30H,1-3,5-6,11-12,14H2,(H,27,31)(H,32,33)(H,24,25,26)(H2,28,29,34)/t18-/m0/s1. The maximum Gasteiger partial charge on any atom is 0.328 e. The number of anilines is 1. The van der Waals surface area contributed by atoms with Gasteiger partial charge in [-0.15, -0.1) is 0 Å². The SMILES string of the molecule is O=C(NC1CCCCC1)N[C@@H](CNC(=O)c1ccc(OCCNc2ncccn2)cc1O)C(=O)O. The van der Waals surface area contributed by atoms with Gasteiger partial charge in [0.2, 0.25) is 5.95 Å². The summed E-state index contributed by atoms with van der Waals surface area (Å²) in [4.78, 5) is 44.2. The second-order valence-corrected chi connectivity index (χ2v) is 8.08. The maximum atomic E-state index is 12.5. The Morgan fingerprint density at radius 3 is 2.54 bits per heavy atom. The molecule has 3 rings (SSSR count). The molecule has 1 aliphatic carbocycles. The van der Waals surface area contributed by atoms with Gasteiger partial charge in [0.1, 0.15) is 24.1 Å². The van der Waals surface area contributed by atoms with Crippen molar-refractivity contribution in [3.05, 3.63) is 42.2 Å². The minimum atomic E-state index is -1.33. The number of amides is 3. The zero-order valence-electron chi connectivity index (χ0n) is 19.2. The van der Waals surface area contributed by atoms with Gasteiger partial charge in [0.05, 0.1) is 12.1 Å². The normalized spacial score (nSPS) is 14.4. The molecule has 12 heteroatoms. The van der Waals surface area contributed by atoms with Crippen molar-refractivity contribution in [2.24, 2.45) is 0 Å². The topological polar surface area (TPSA) is 175 Å². The van der Waals surface area contributed by atoms with Crippen molar-refractivity contribution >= 4 is 23.9 Å². The predicted octanol–water partition coefficient (Wildman–Crippen LogP) is 1.49. The molecule has 1 aliphatic rings. The number of urea groups is 1. The average molecular weight is 487 g/mol. The number of benzene rings is 1. The summed E-state index contributed by atoms with van der Waals surface area (Å²) in [5, 5.41) is 30.2. The number of phenolic OH excluding ortho intramolecular Hbond substituents is 1. The molecular formula is C23H30N6O6. The lowest BCUT2D eigenvalue weighted by Crippen LogP contribution is -2.53. The van der Waals surface area contributed by atoms with Gasteiger partial charge < -0.3 is 36.2 Å². The Kier molecular flexibility index (Phi) is 9.46. The third-order valence-electron chi connectivity index (χ3n) is 5.44. The van der Waals surface area contributed by atoms with Crippen molar-refractivity contribution in [2.45, 2.75) is 44.2 Å². The molecule has 35 heavy (non-hydrogen) atoms. The van der Waals surface area contributed by atoms with Crippen LogP contribution in [0, 0.1) is 0 Å². The summed E-state index contributed by atoms with van der Waals surface area (Å²) in [7, 11) is 0. The third kappa shape index (κ3) is 8.32. The number of aromatic hydroxyl groups is 1. The Bertz CT molecular complexity index is 999. The van der Waals surface area contributed by atoms with Crippen LogP contribution in [0.15, 0.2) is 36.7 Å². The molecule has 12 nitrogen and oxygen atoms in total. The number of carboxylic acids is 1. The number of carbonyl (C=O) groups is 3. The molecule has 3 amide bonds. The largest absolute Gasteiger partial charge is 0.507 e. The van der Waals surface area contributed by atoms with Gasteiger partial charge in [0.15, 0.2) is 0 Å². The van der Waals surface area contributed by atoms with E-state index in [1.807, 2.05) is 0 Å². The maximum absolute atomic E-state index is 12.5. The smallest absolute Gasteiger partial charge is 0.328 e. The minimum absolute atomic E-state index is 0.0212. The van der Waals surface area contributed by atoms with Crippen LogP contribution in [0.3, 0.4) is 0 Å². The monoisotopic (exact) mass is 486 g/mol. The molecule has 0 unspecified atom stereocenters. The molecule has 6 N–H and O–H groups in total. The predicted molar refractivity (Wildman–Crippen MR) is 126 cm³/mol. The van der Waals surface area contributed by atoms with Crippen LogP contribution in [-0.2, 0) is 4.79 Å². The lowest BCUT2D eigenvalue weighted by molar-refractivity contribution is -0.139. The highest BCUT2D eigenvalue weighted by Gasteiger charge is 2.23. The van der Waals surface area contributed by atoms with Crippen molar-refractivity contribution in [1.82, 2.24) is 25.9 Å². The first-order chi connectivity index (χ1) is 16.9. The van der Waals surface area contributed by atoms with E-state index in [1.165, 1.54) is 18.2 Å². The van der Waals surface area contributed by atoms with Crippen LogP contribution in [0.25, 0.3) is 0 Å². The van der Waals surface area contributed by atoms with E-state index in [0.29, 0.717) is 18.2 Å². The van der Waals surface area contributed by atoms with E-state index < -0.39 is 23.9 Å². The van der Waals surface area contributed by atoms with Crippen LogP contribution >= 0.6 is 0 Å². The van der Waals surface area contributed by atoms with Gasteiger partial charge in [-0.2, -0.15) is 0 Å². The molecule has 0 saturated heterocycles. The Labute approximate surface area is 202 Å².